The standard InChI is InChI=1S/C20H18FN5O/c1-13-17(23-20(27-13)15-5-3-2-4-6-15)11-26-12-18(24-25-26)19(22)14-7-9-16(21)10-8-14/h2-10,12,19H,11,22H2,1H3. The van der Waals surface area contributed by atoms with Gasteiger partial charge in [-0.1, -0.05) is 35.5 Å². The van der Waals surface area contributed by atoms with E-state index in [1.807, 2.05) is 37.3 Å². The topological polar surface area (TPSA) is 82.8 Å². The number of aromatic nitrogens is 4. The molecule has 2 aromatic heterocycles. The first kappa shape index (κ1) is 17.1. The molecule has 0 spiro atoms. The van der Waals surface area contributed by atoms with E-state index in [2.05, 4.69) is 15.3 Å². The predicted molar refractivity (Wildman–Crippen MR) is 98.2 cm³/mol. The van der Waals surface area contributed by atoms with Crippen LogP contribution < -0.4 is 5.73 Å². The van der Waals surface area contributed by atoms with Crippen molar-refractivity contribution in [1.29, 1.82) is 0 Å². The molecule has 0 aliphatic rings. The van der Waals surface area contributed by atoms with E-state index in [1.54, 1.807) is 23.0 Å². The molecule has 0 fully saturated rings. The number of hydrogen-bond acceptors (Lipinski definition) is 5. The van der Waals surface area contributed by atoms with Gasteiger partial charge in [-0.15, -0.1) is 5.10 Å². The lowest BCUT2D eigenvalue weighted by molar-refractivity contribution is 0.535. The van der Waals surface area contributed by atoms with Crippen molar-refractivity contribution in [3.8, 4) is 11.5 Å². The largest absolute Gasteiger partial charge is 0.441 e. The van der Waals surface area contributed by atoms with Gasteiger partial charge in [-0.05, 0) is 36.8 Å². The van der Waals surface area contributed by atoms with E-state index in [0.717, 1.165) is 22.6 Å². The molecule has 0 aliphatic carbocycles. The van der Waals surface area contributed by atoms with Gasteiger partial charge in [-0.2, -0.15) is 0 Å². The first-order valence-corrected chi connectivity index (χ1v) is 8.53. The summed E-state index contributed by atoms with van der Waals surface area (Å²) < 4.78 is 20.5. The van der Waals surface area contributed by atoms with Gasteiger partial charge in [0.25, 0.3) is 0 Å². The van der Waals surface area contributed by atoms with E-state index in [-0.39, 0.29) is 5.82 Å². The van der Waals surface area contributed by atoms with Crippen LogP contribution in [-0.4, -0.2) is 20.0 Å². The van der Waals surface area contributed by atoms with E-state index < -0.39 is 6.04 Å². The highest BCUT2D eigenvalue weighted by Gasteiger charge is 2.16. The highest BCUT2D eigenvalue weighted by atomic mass is 19.1. The third-order valence-corrected chi connectivity index (χ3v) is 4.33. The molecule has 0 bridgehead atoms. The summed E-state index contributed by atoms with van der Waals surface area (Å²) in [5.74, 6) is 1.01. The second-order valence-electron chi connectivity index (χ2n) is 6.26. The van der Waals surface area contributed by atoms with Gasteiger partial charge >= 0.3 is 0 Å². The van der Waals surface area contributed by atoms with Gasteiger partial charge in [0.1, 0.15) is 23.0 Å². The van der Waals surface area contributed by atoms with Crippen LogP contribution in [0.4, 0.5) is 4.39 Å². The zero-order valence-corrected chi connectivity index (χ0v) is 14.7. The molecule has 0 radical (unpaired) electrons. The first-order chi connectivity index (χ1) is 13.1. The molecule has 4 rings (SSSR count). The fourth-order valence-corrected chi connectivity index (χ4v) is 2.81. The summed E-state index contributed by atoms with van der Waals surface area (Å²) in [4.78, 5) is 4.57. The molecule has 0 saturated heterocycles. The van der Waals surface area contributed by atoms with Crippen molar-refractivity contribution >= 4 is 0 Å². The Morgan fingerprint density at radius 3 is 2.59 bits per heavy atom. The molecule has 136 valence electrons. The molecule has 0 amide bonds. The lowest BCUT2D eigenvalue weighted by Gasteiger charge is -2.07. The smallest absolute Gasteiger partial charge is 0.226 e. The quantitative estimate of drug-likeness (QED) is 0.587. The van der Waals surface area contributed by atoms with Gasteiger partial charge in [-0.25, -0.2) is 14.1 Å². The Balaban J connectivity index is 1.53. The molecule has 1 atom stereocenters. The van der Waals surface area contributed by atoms with E-state index >= 15 is 0 Å². The SMILES string of the molecule is Cc1oc(-c2ccccc2)nc1Cn1cc(C(N)c2ccc(F)cc2)nn1. The Morgan fingerprint density at radius 1 is 1.11 bits per heavy atom. The average Bonchev–Trinajstić information content (AvgIpc) is 3.30. The van der Waals surface area contributed by atoms with Crippen LogP contribution in [0.15, 0.2) is 65.2 Å². The summed E-state index contributed by atoms with van der Waals surface area (Å²) in [5, 5.41) is 8.27. The minimum atomic E-state index is -0.474. The highest BCUT2D eigenvalue weighted by Crippen LogP contribution is 2.22. The molecule has 4 aromatic rings. The highest BCUT2D eigenvalue weighted by molar-refractivity contribution is 5.53. The maximum atomic E-state index is 13.1. The molecule has 2 N–H and O–H groups in total. The van der Waals surface area contributed by atoms with Crippen molar-refractivity contribution in [3.63, 3.8) is 0 Å². The maximum absolute atomic E-state index is 13.1. The van der Waals surface area contributed by atoms with Crippen LogP contribution in [0.2, 0.25) is 0 Å². The molecule has 2 heterocycles. The summed E-state index contributed by atoms with van der Waals surface area (Å²) in [6, 6.07) is 15.3. The number of nitrogens with zero attached hydrogens (tertiary/aromatic N) is 4. The number of hydrogen-bond donors (Lipinski definition) is 1. The van der Waals surface area contributed by atoms with Crippen LogP contribution in [0.25, 0.3) is 11.5 Å². The molecule has 0 aliphatic heterocycles. The number of aryl methyl sites for hydroxylation is 1. The minimum Gasteiger partial charge on any atom is -0.441 e. The molecule has 0 saturated carbocycles. The second kappa shape index (κ2) is 7.13. The zero-order chi connectivity index (χ0) is 18.8. The number of rotatable bonds is 5. The van der Waals surface area contributed by atoms with Crippen LogP contribution in [-0.2, 0) is 6.54 Å². The normalized spacial score (nSPS) is 12.3. The fourth-order valence-electron chi connectivity index (χ4n) is 2.81. The third kappa shape index (κ3) is 3.63. The van der Waals surface area contributed by atoms with Crippen molar-refractivity contribution in [2.24, 2.45) is 5.73 Å². The molecule has 6 nitrogen and oxygen atoms in total. The molecule has 1 unspecified atom stereocenters. The second-order valence-corrected chi connectivity index (χ2v) is 6.26. The number of oxazole rings is 1. The molecule has 2 aromatic carbocycles. The van der Waals surface area contributed by atoms with Crippen molar-refractivity contribution in [2.75, 3.05) is 0 Å². The Hall–Kier alpha value is -3.32. The van der Waals surface area contributed by atoms with Gasteiger partial charge in [-0.3, -0.25) is 0 Å². The van der Waals surface area contributed by atoms with Crippen molar-refractivity contribution in [2.45, 2.75) is 19.5 Å². The number of nitrogens with two attached hydrogens (primary N) is 1. The Kier molecular flexibility index (Phi) is 4.52. The minimum absolute atomic E-state index is 0.301. The van der Waals surface area contributed by atoms with Gasteiger partial charge in [0, 0.05) is 5.56 Å². The summed E-state index contributed by atoms with van der Waals surface area (Å²) in [6.07, 6.45) is 1.77. The maximum Gasteiger partial charge on any atom is 0.226 e. The van der Waals surface area contributed by atoms with Crippen LogP contribution >= 0.6 is 0 Å². The number of halogens is 1. The summed E-state index contributed by atoms with van der Waals surface area (Å²) in [7, 11) is 0. The fraction of sp³-hybridized carbons (Fsp3) is 0.150. The van der Waals surface area contributed by atoms with E-state index in [9.17, 15) is 4.39 Å². The Morgan fingerprint density at radius 2 is 1.85 bits per heavy atom. The van der Waals surface area contributed by atoms with Gasteiger partial charge < -0.3 is 10.2 Å². The van der Waals surface area contributed by atoms with Gasteiger partial charge in [0.15, 0.2) is 0 Å². The first-order valence-electron chi connectivity index (χ1n) is 8.53. The van der Waals surface area contributed by atoms with Crippen LogP contribution in [0.3, 0.4) is 0 Å². The predicted octanol–water partition coefficient (Wildman–Crippen LogP) is 3.48. The van der Waals surface area contributed by atoms with Gasteiger partial charge in [0.05, 0.1) is 18.8 Å². The van der Waals surface area contributed by atoms with E-state index in [1.165, 1.54) is 12.1 Å². The van der Waals surface area contributed by atoms with Crippen molar-refractivity contribution < 1.29 is 8.81 Å². The van der Waals surface area contributed by atoms with Crippen LogP contribution in [0, 0.1) is 12.7 Å². The van der Waals surface area contributed by atoms with Gasteiger partial charge in [0.2, 0.25) is 5.89 Å². The summed E-state index contributed by atoms with van der Waals surface area (Å²) in [6.45, 7) is 2.29. The monoisotopic (exact) mass is 363 g/mol. The molecule has 27 heavy (non-hydrogen) atoms. The third-order valence-electron chi connectivity index (χ3n) is 4.33. The molecular weight excluding hydrogens is 345 g/mol. The van der Waals surface area contributed by atoms with Crippen molar-refractivity contribution in [3.05, 3.63) is 89.3 Å². The summed E-state index contributed by atoms with van der Waals surface area (Å²) in [5.41, 5.74) is 9.28. The van der Waals surface area contributed by atoms with Crippen LogP contribution in [0.5, 0.6) is 0 Å². The van der Waals surface area contributed by atoms with E-state index in [4.69, 9.17) is 10.2 Å². The lowest BCUT2D eigenvalue weighted by atomic mass is 10.1. The average molecular weight is 363 g/mol. The zero-order valence-electron chi connectivity index (χ0n) is 14.7. The van der Waals surface area contributed by atoms with E-state index in [0.29, 0.717) is 18.1 Å². The Labute approximate surface area is 155 Å². The Bertz CT molecular complexity index is 1040. The molecular formula is C20H18FN5O. The van der Waals surface area contributed by atoms with Crippen molar-refractivity contribution in [1.82, 2.24) is 20.0 Å². The molecule has 7 heteroatoms. The van der Waals surface area contributed by atoms with Crippen LogP contribution in [0.1, 0.15) is 28.8 Å². The lowest BCUT2D eigenvalue weighted by Crippen LogP contribution is -2.12. The summed E-state index contributed by atoms with van der Waals surface area (Å²) >= 11 is 0. The number of benzene rings is 2.